The second kappa shape index (κ2) is 6.99. The van der Waals surface area contributed by atoms with E-state index < -0.39 is 20.8 Å². The predicted molar refractivity (Wildman–Crippen MR) is 69.6 cm³/mol. The quantitative estimate of drug-likeness (QED) is 0.676. The number of allylic oxidation sites excluding steroid dienone is 1. The Morgan fingerprint density at radius 2 is 1.75 bits per heavy atom. The maximum absolute atomic E-state index is 4.93. The number of benzene rings is 1. The van der Waals surface area contributed by atoms with Gasteiger partial charge in [0.25, 0.3) is 0 Å². The van der Waals surface area contributed by atoms with Gasteiger partial charge in [0.05, 0.1) is 0 Å². The van der Waals surface area contributed by atoms with Gasteiger partial charge < -0.3 is 0 Å². The molecule has 1 aliphatic carbocycles. The number of rotatable bonds is 1. The Hall–Kier alpha value is 0.423. The molecule has 0 fully saturated rings. The van der Waals surface area contributed by atoms with Crippen molar-refractivity contribution in [2.75, 3.05) is 0 Å². The van der Waals surface area contributed by atoms with Crippen LogP contribution in [0.4, 0.5) is 0 Å². The molecule has 1 aliphatic rings. The first-order chi connectivity index (χ1) is 7.62. The molecule has 0 heterocycles. The van der Waals surface area contributed by atoms with E-state index in [0.717, 1.165) is 0 Å². The summed E-state index contributed by atoms with van der Waals surface area (Å²) in [6.45, 7) is 6.62. The third kappa shape index (κ3) is 3.72. The molecule has 0 bridgehead atoms. The van der Waals surface area contributed by atoms with Crippen LogP contribution in [-0.2, 0) is 27.3 Å². The Balaban J connectivity index is 0.000000386. The summed E-state index contributed by atoms with van der Waals surface area (Å²) in [7, 11) is 9.87. The molecule has 3 heteroatoms. The van der Waals surface area contributed by atoms with Gasteiger partial charge in [-0.2, -0.15) is 0 Å². The molecule has 16 heavy (non-hydrogen) atoms. The van der Waals surface area contributed by atoms with Gasteiger partial charge in [0.1, 0.15) is 0 Å². The fraction of sp³-hybridized carbons (Fsp3) is 0.385. The summed E-state index contributed by atoms with van der Waals surface area (Å²) < 4.78 is 0. The van der Waals surface area contributed by atoms with Crippen LogP contribution in [0.3, 0.4) is 0 Å². The summed E-state index contributed by atoms with van der Waals surface area (Å²) in [5.41, 5.74) is 7.36. The molecule has 0 unspecified atom stereocenters. The maximum atomic E-state index is 4.93. The molecular formula is C13H16Cl2Zr. The van der Waals surface area contributed by atoms with Crippen molar-refractivity contribution in [1.82, 2.24) is 0 Å². The van der Waals surface area contributed by atoms with E-state index in [9.17, 15) is 0 Å². The minimum atomic E-state index is -0.826. The Morgan fingerprint density at radius 1 is 1.19 bits per heavy atom. The van der Waals surface area contributed by atoms with Gasteiger partial charge in [0.2, 0.25) is 0 Å². The summed E-state index contributed by atoms with van der Waals surface area (Å²) in [4.78, 5) is 0. The SMILES string of the molecule is CCC1=Cc2cc(C)c(C)cc2C1.[Cl][Zr][Cl]. The van der Waals surface area contributed by atoms with Crippen LogP contribution in [0.2, 0.25) is 0 Å². The predicted octanol–water partition coefficient (Wildman–Crippen LogP) is 5.03. The van der Waals surface area contributed by atoms with Crippen LogP contribution in [0.15, 0.2) is 17.7 Å². The molecule has 0 saturated carbocycles. The topological polar surface area (TPSA) is 0 Å². The normalized spacial score (nSPS) is 12.4. The summed E-state index contributed by atoms with van der Waals surface area (Å²) >= 11 is -0.826. The molecule has 0 aliphatic heterocycles. The van der Waals surface area contributed by atoms with Gasteiger partial charge in [-0.15, -0.1) is 0 Å². The number of fused-ring (bicyclic) bond motifs is 1. The second-order valence-corrected chi connectivity index (χ2v) is 7.77. The van der Waals surface area contributed by atoms with Gasteiger partial charge in [-0.25, -0.2) is 0 Å². The molecule has 1 aromatic rings. The van der Waals surface area contributed by atoms with Crippen molar-refractivity contribution >= 4 is 23.1 Å². The summed E-state index contributed by atoms with van der Waals surface area (Å²) in [6.07, 6.45) is 4.71. The van der Waals surface area contributed by atoms with E-state index in [1.165, 1.54) is 35.1 Å². The number of aryl methyl sites for hydroxylation is 2. The third-order valence-electron chi connectivity index (χ3n) is 2.99. The number of halogens is 2. The van der Waals surface area contributed by atoms with Gasteiger partial charge in [-0.1, -0.05) is 30.7 Å². The van der Waals surface area contributed by atoms with Crippen LogP contribution >= 0.6 is 17.0 Å². The van der Waals surface area contributed by atoms with Crippen LogP contribution in [0.1, 0.15) is 35.6 Å². The van der Waals surface area contributed by atoms with E-state index in [1.54, 1.807) is 5.57 Å². The van der Waals surface area contributed by atoms with E-state index in [0.29, 0.717) is 0 Å². The van der Waals surface area contributed by atoms with Crippen molar-refractivity contribution in [2.45, 2.75) is 33.6 Å². The second-order valence-electron chi connectivity index (χ2n) is 4.04. The minimum absolute atomic E-state index is 0.826. The zero-order chi connectivity index (χ0) is 12.1. The van der Waals surface area contributed by atoms with Crippen LogP contribution in [0.5, 0.6) is 0 Å². The third-order valence-corrected chi connectivity index (χ3v) is 2.99. The Bertz CT molecular complexity index is 397. The molecule has 0 spiro atoms. The van der Waals surface area contributed by atoms with Crippen LogP contribution in [0.25, 0.3) is 6.08 Å². The average molecular weight is 334 g/mol. The molecular weight excluding hydrogens is 318 g/mol. The molecule has 86 valence electrons. The van der Waals surface area contributed by atoms with E-state index in [1.807, 2.05) is 0 Å². The molecule has 2 rings (SSSR count). The fourth-order valence-corrected chi connectivity index (χ4v) is 1.93. The van der Waals surface area contributed by atoms with Crippen molar-refractivity contribution in [3.05, 3.63) is 40.0 Å². The number of hydrogen-bond acceptors (Lipinski definition) is 0. The number of hydrogen-bond donors (Lipinski definition) is 0. The van der Waals surface area contributed by atoms with Crippen LogP contribution in [-0.4, -0.2) is 0 Å². The first-order valence-electron chi connectivity index (χ1n) is 5.38. The first kappa shape index (κ1) is 14.5. The van der Waals surface area contributed by atoms with E-state index >= 15 is 0 Å². The molecule has 0 atom stereocenters. The van der Waals surface area contributed by atoms with Crippen LogP contribution in [0, 0.1) is 13.8 Å². The van der Waals surface area contributed by atoms with Crippen molar-refractivity contribution in [1.29, 1.82) is 0 Å². The van der Waals surface area contributed by atoms with Crippen molar-refractivity contribution in [2.24, 2.45) is 0 Å². The Labute approximate surface area is 117 Å². The van der Waals surface area contributed by atoms with Crippen LogP contribution < -0.4 is 0 Å². The monoisotopic (exact) mass is 332 g/mol. The Morgan fingerprint density at radius 3 is 2.31 bits per heavy atom. The molecule has 0 aromatic heterocycles. The zero-order valence-electron chi connectivity index (χ0n) is 9.90. The summed E-state index contributed by atoms with van der Waals surface area (Å²) in [5.74, 6) is 0. The fourth-order valence-electron chi connectivity index (χ4n) is 1.93. The van der Waals surface area contributed by atoms with Gasteiger partial charge in [-0.3, -0.25) is 0 Å². The van der Waals surface area contributed by atoms with Crippen molar-refractivity contribution in [3.8, 4) is 0 Å². The first-order valence-corrected chi connectivity index (χ1v) is 11.7. The molecule has 0 amide bonds. The average Bonchev–Trinajstić information content (AvgIpc) is 2.62. The molecule has 1 aromatic carbocycles. The summed E-state index contributed by atoms with van der Waals surface area (Å²) in [5, 5.41) is 0. The summed E-state index contributed by atoms with van der Waals surface area (Å²) in [6, 6.07) is 4.65. The molecule has 0 radical (unpaired) electrons. The molecule has 0 N–H and O–H groups in total. The molecule has 0 nitrogen and oxygen atoms in total. The zero-order valence-corrected chi connectivity index (χ0v) is 13.9. The van der Waals surface area contributed by atoms with E-state index in [-0.39, 0.29) is 0 Å². The van der Waals surface area contributed by atoms with Crippen molar-refractivity contribution < 1.29 is 20.8 Å². The molecule has 0 saturated heterocycles. The van der Waals surface area contributed by atoms with E-state index in [4.69, 9.17) is 17.0 Å². The Kier molecular flexibility index (Phi) is 6.33. The van der Waals surface area contributed by atoms with Gasteiger partial charge >= 0.3 is 37.9 Å². The van der Waals surface area contributed by atoms with Gasteiger partial charge in [0, 0.05) is 0 Å². The van der Waals surface area contributed by atoms with Crippen molar-refractivity contribution in [3.63, 3.8) is 0 Å². The van der Waals surface area contributed by atoms with Gasteiger partial charge in [0.15, 0.2) is 0 Å². The standard InChI is InChI=1S/C13H16.2ClH.Zr/c1-4-11-7-12-5-9(2)10(3)6-13(12)8-11;;;/h5-7H,4,8H2,1-3H3;2*1H;/q;;;+2/p-2. The van der Waals surface area contributed by atoms with Gasteiger partial charge in [-0.05, 0) is 48.9 Å². The van der Waals surface area contributed by atoms with E-state index in [2.05, 4.69) is 39.0 Å².